The highest BCUT2D eigenvalue weighted by molar-refractivity contribution is 7.96. The molecule has 0 saturated carbocycles. The quantitative estimate of drug-likeness (QED) is 0.477. The highest BCUT2D eigenvalue weighted by Gasteiger charge is 2.08. The van der Waals surface area contributed by atoms with E-state index in [1.807, 2.05) is 0 Å². The Kier molecular flexibility index (Phi) is 4.75. The van der Waals surface area contributed by atoms with Gasteiger partial charge >= 0.3 is 0 Å². The van der Waals surface area contributed by atoms with Gasteiger partial charge in [-0.1, -0.05) is 0 Å². The fraction of sp³-hybridized carbons (Fsp3) is 0.800. The Morgan fingerprint density at radius 3 is 2.56 bits per heavy atom. The van der Waals surface area contributed by atoms with Crippen LogP contribution >= 0.6 is 12.6 Å². The van der Waals surface area contributed by atoms with Crippen LogP contribution in [0.4, 0.5) is 0 Å². The van der Waals surface area contributed by atoms with Gasteiger partial charge in [0.15, 0.2) is 0 Å². The number of carbonyl (C=O) groups excluding carboxylic acids is 1. The van der Waals surface area contributed by atoms with Gasteiger partial charge in [0, 0.05) is 6.61 Å². The minimum atomic E-state index is -1.01. The molecule has 0 rings (SSSR count). The molecular weight excluding hydrogens is 140 g/mol. The van der Waals surface area contributed by atoms with Crippen molar-refractivity contribution >= 4 is 17.7 Å². The van der Waals surface area contributed by atoms with Crippen molar-refractivity contribution in [3.8, 4) is 0 Å². The third kappa shape index (κ3) is 4.44. The molecule has 0 bridgehead atoms. The Labute approximate surface area is 59.1 Å². The van der Waals surface area contributed by atoms with Gasteiger partial charge in [0.25, 0.3) is 0 Å². The summed E-state index contributed by atoms with van der Waals surface area (Å²) in [6, 6.07) is 0. The first-order chi connectivity index (χ1) is 4.18. The maximum Gasteiger partial charge on any atom is 0.214 e. The SMILES string of the molecule is O=C(S)C(O)CCCO. The van der Waals surface area contributed by atoms with E-state index < -0.39 is 11.2 Å². The average molecular weight is 150 g/mol. The molecule has 0 aromatic carbocycles. The van der Waals surface area contributed by atoms with E-state index in [-0.39, 0.29) is 6.61 Å². The highest BCUT2D eigenvalue weighted by atomic mass is 32.1. The third-order valence-corrected chi connectivity index (χ3v) is 1.22. The average Bonchev–Trinajstić information content (AvgIpc) is 1.82. The van der Waals surface area contributed by atoms with Crippen LogP contribution in [0.3, 0.4) is 0 Å². The fourth-order valence-electron chi connectivity index (χ4n) is 0.408. The van der Waals surface area contributed by atoms with Gasteiger partial charge in [-0.15, -0.1) is 12.6 Å². The van der Waals surface area contributed by atoms with Crippen molar-refractivity contribution in [1.29, 1.82) is 0 Å². The largest absolute Gasteiger partial charge is 0.396 e. The van der Waals surface area contributed by atoms with E-state index in [9.17, 15) is 4.79 Å². The summed E-state index contributed by atoms with van der Waals surface area (Å²) in [6.45, 7) is -0.00187. The summed E-state index contributed by atoms with van der Waals surface area (Å²) < 4.78 is 0. The molecule has 0 radical (unpaired) electrons. The molecule has 54 valence electrons. The number of thiol groups is 1. The maximum absolute atomic E-state index is 10.2. The van der Waals surface area contributed by atoms with E-state index >= 15 is 0 Å². The molecule has 2 N–H and O–H groups in total. The van der Waals surface area contributed by atoms with Crippen LogP contribution in [-0.2, 0) is 4.79 Å². The normalized spacial score (nSPS) is 13.2. The molecule has 0 spiro atoms. The van der Waals surface area contributed by atoms with Crippen molar-refractivity contribution in [2.24, 2.45) is 0 Å². The lowest BCUT2D eigenvalue weighted by Crippen LogP contribution is -2.14. The number of hydrogen-bond donors (Lipinski definition) is 3. The second kappa shape index (κ2) is 4.78. The molecule has 0 aliphatic heterocycles. The summed E-state index contributed by atoms with van der Waals surface area (Å²) in [5.41, 5.74) is 0. The van der Waals surface area contributed by atoms with Crippen LogP contribution in [0.25, 0.3) is 0 Å². The van der Waals surface area contributed by atoms with Crippen molar-refractivity contribution < 1.29 is 15.0 Å². The first kappa shape index (κ1) is 8.94. The molecule has 0 saturated heterocycles. The molecule has 9 heavy (non-hydrogen) atoms. The molecule has 0 aromatic rings. The lowest BCUT2D eigenvalue weighted by molar-refractivity contribution is -0.118. The van der Waals surface area contributed by atoms with E-state index in [0.29, 0.717) is 12.8 Å². The fourth-order valence-corrected chi connectivity index (χ4v) is 0.537. The number of carbonyl (C=O) groups is 1. The van der Waals surface area contributed by atoms with Gasteiger partial charge in [0.2, 0.25) is 5.12 Å². The monoisotopic (exact) mass is 150 g/mol. The molecule has 4 heteroatoms. The molecule has 0 aliphatic carbocycles. The van der Waals surface area contributed by atoms with Gasteiger partial charge in [-0.3, -0.25) is 4.79 Å². The number of hydrogen-bond acceptors (Lipinski definition) is 3. The summed E-state index contributed by atoms with van der Waals surface area (Å²) in [6.07, 6.45) is -0.285. The zero-order valence-corrected chi connectivity index (χ0v) is 5.84. The molecule has 3 nitrogen and oxygen atoms in total. The lowest BCUT2D eigenvalue weighted by Gasteiger charge is -2.01. The molecule has 0 fully saturated rings. The summed E-state index contributed by atoms with van der Waals surface area (Å²) >= 11 is 3.40. The van der Waals surface area contributed by atoms with E-state index in [4.69, 9.17) is 10.2 Å². The van der Waals surface area contributed by atoms with Gasteiger partial charge in [-0.2, -0.15) is 0 Å². The lowest BCUT2D eigenvalue weighted by atomic mass is 10.2. The molecule has 0 amide bonds. The van der Waals surface area contributed by atoms with Gasteiger partial charge in [0.1, 0.15) is 6.10 Å². The second-order valence-electron chi connectivity index (χ2n) is 1.72. The molecule has 0 aliphatic rings. The van der Waals surface area contributed by atoms with Crippen molar-refractivity contribution in [1.82, 2.24) is 0 Å². The Morgan fingerprint density at radius 1 is 1.67 bits per heavy atom. The van der Waals surface area contributed by atoms with Crippen LogP contribution in [0.2, 0.25) is 0 Å². The molecule has 1 atom stereocenters. The smallest absolute Gasteiger partial charge is 0.214 e. The standard InChI is InChI=1S/C5H10O3S/c6-3-1-2-4(7)5(8)9/h4,6-7H,1-3H2,(H,8,9). The number of rotatable bonds is 4. The van der Waals surface area contributed by atoms with Crippen LogP contribution < -0.4 is 0 Å². The van der Waals surface area contributed by atoms with Crippen molar-refractivity contribution in [2.75, 3.05) is 6.61 Å². The number of aliphatic hydroxyl groups is 2. The minimum Gasteiger partial charge on any atom is -0.396 e. The van der Waals surface area contributed by atoms with Gasteiger partial charge in [-0.05, 0) is 12.8 Å². The van der Waals surface area contributed by atoms with Gasteiger partial charge < -0.3 is 10.2 Å². The van der Waals surface area contributed by atoms with E-state index in [2.05, 4.69) is 12.6 Å². The van der Waals surface area contributed by atoms with Gasteiger partial charge in [-0.25, -0.2) is 0 Å². The summed E-state index contributed by atoms with van der Waals surface area (Å²) in [7, 11) is 0. The maximum atomic E-state index is 10.2. The van der Waals surface area contributed by atoms with Crippen LogP contribution in [0.15, 0.2) is 0 Å². The zero-order chi connectivity index (χ0) is 7.28. The summed E-state index contributed by atoms with van der Waals surface area (Å²) in [5, 5.41) is 16.4. The summed E-state index contributed by atoms with van der Waals surface area (Å²) in [4.78, 5) is 10.2. The second-order valence-corrected chi connectivity index (χ2v) is 2.16. The Hall–Kier alpha value is -0.0600. The van der Waals surface area contributed by atoms with Crippen LogP contribution in [0.5, 0.6) is 0 Å². The van der Waals surface area contributed by atoms with Crippen molar-refractivity contribution in [3.05, 3.63) is 0 Å². The van der Waals surface area contributed by atoms with Gasteiger partial charge in [0.05, 0.1) is 0 Å². The Balaban J connectivity index is 3.27. The molecule has 0 aromatic heterocycles. The zero-order valence-electron chi connectivity index (χ0n) is 4.95. The van der Waals surface area contributed by atoms with Crippen LogP contribution in [0, 0.1) is 0 Å². The topological polar surface area (TPSA) is 57.5 Å². The predicted octanol–water partition coefficient (Wildman–Crippen LogP) is -0.424. The third-order valence-electron chi connectivity index (χ3n) is 0.921. The van der Waals surface area contributed by atoms with Crippen LogP contribution in [0.1, 0.15) is 12.8 Å². The first-order valence-electron chi connectivity index (χ1n) is 2.70. The van der Waals surface area contributed by atoms with E-state index in [0.717, 1.165) is 0 Å². The minimum absolute atomic E-state index is 0.00187. The molecule has 1 unspecified atom stereocenters. The van der Waals surface area contributed by atoms with E-state index in [1.165, 1.54) is 0 Å². The number of aliphatic hydroxyl groups excluding tert-OH is 2. The highest BCUT2D eigenvalue weighted by Crippen LogP contribution is 1.98. The van der Waals surface area contributed by atoms with Crippen molar-refractivity contribution in [2.45, 2.75) is 18.9 Å². The van der Waals surface area contributed by atoms with E-state index in [1.54, 1.807) is 0 Å². The Morgan fingerprint density at radius 2 is 2.22 bits per heavy atom. The molecular formula is C5H10O3S. The Bertz CT molecular complexity index is 94.2. The summed E-state index contributed by atoms with van der Waals surface area (Å²) in [5.74, 6) is 0. The molecule has 0 heterocycles. The first-order valence-corrected chi connectivity index (χ1v) is 3.15. The van der Waals surface area contributed by atoms with Crippen LogP contribution in [-0.4, -0.2) is 28.0 Å². The van der Waals surface area contributed by atoms with Crippen molar-refractivity contribution in [3.63, 3.8) is 0 Å². The predicted molar refractivity (Wildman–Crippen MR) is 36.3 cm³/mol.